The number of halogens is 1. The zero-order chi connectivity index (χ0) is 22.0. The summed E-state index contributed by atoms with van der Waals surface area (Å²) >= 11 is 0. The van der Waals surface area contributed by atoms with Crippen LogP contribution in [0.1, 0.15) is 36.2 Å². The van der Waals surface area contributed by atoms with Crippen LogP contribution in [0.15, 0.2) is 60.8 Å². The lowest BCUT2D eigenvalue weighted by molar-refractivity contribution is -0.122. The number of carbonyl (C=O) groups excluding carboxylic acids is 1. The van der Waals surface area contributed by atoms with Crippen molar-refractivity contribution in [3.05, 3.63) is 83.4 Å². The highest BCUT2D eigenvalue weighted by atomic mass is 19.1. The van der Waals surface area contributed by atoms with Crippen LogP contribution >= 0.6 is 0 Å². The molecule has 1 atom stereocenters. The van der Waals surface area contributed by atoms with Crippen LogP contribution < -0.4 is 5.32 Å². The average molecular weight is 417 g/mol. The third-order valence-corrected chi connectivity index (χ3v) is 5.48. The Balaban J connectivity index is 1.60. The van der Waals surface area contributed by atoms with Crippen molar-refractivity contribution in [3.63, 3.8) is 0 Å². The fourth-order valence-corrected chi connectivity index (χ4v) is 3.86. The quantitative estimate of drug-likeness (QED) is 0.474. The second kappa shape index (κ2) is 8.68. The van der Waals surface area contributed by atoms with Crippen molar-refractivity contribution < 1.29 is 9.18 Å². The molecule has 2 aromatic carbocycles. The van der Waals surface area contributed by atoms with Crippen LogP contribution in [0.3, 0.4) is 0 Å². The van der Waals surface area contributed by atoms with E-state index in [-0.39, 0.29) is 24.3 Å². The molecule has 0 aliphatic heterocycles. The number of pyridine rings is 1. The Morgan fingerprint density at radius 1 is 1.06 bits per heavy atom. The highest BCUT2D eigenvalue weighted by Crippen LogP contribution is 2.30. The molecule has 2 aromatic heterocycles. The van der Waals surface area contributed by atoms with E-state index in [9.17, 15) is 9.18 Å². The van der Waals surface area contributed by atoms with Gasteiger partial charge in [-0.05, 0) is 55.2 Å². The van der Waals surface area contributed by atoms with Crippen molar-refractivity contribution in [1.29, 1.82) is 0 Å². The van der Waals surface area contributed by atoms with Gasteiger partial charge < -0.3 is 5.32 Å². The third-order valence-electron chi connectivity index (χ3n) is 5.48. The molecule has 5 nitrogen and oxygen atoms in total. The van der Waals surface area contributed by atoms with Crippen LogP contribution in [-0.2, 0) is 11.3 Å². The Morgan fingerprint density at radius 2 is 1.77 bits per heavy atom. The number of amides is 1. The summed E-state index contributed by atoms with van der Waals surface area (Å²) in [6, 6.07) is 16.4. The van der Waals surface area contributed by atoms with Gasteiger partial charge in [0, 0.05) is 11.6 Å². The molecule has 0 radical (unpaired) electrons. The molecule has 158 valence electrons. The number of rotatable bonds is 6. The van der Waals surface area contributed by atoms with Crippen molar-refractivity contribution in [2.45, 2.75) is 39.8 Å². The smallest absolute Gasteiger partial charge is 0.242 e. The summed E-state index contributed by atoms with van der Waals surface area (Å²) < 4.78 is 15.0. The average Bonchev–Trinajstić information content (AvgIpc) is 3.09. The van der Waals surface area contributed by atoms with E-state index in [4.69, 9.17) is 0 Å². The summed E-state index contributed by atoms with van der Waals surface area (Å²) in [7, 11) is 0. The Labute approximate surface area is 180 Å². The SMILES string of the molecule is CCC(NC(=O)Cn1nc(C)c2c(-c3ccc(F)cc3)ccnc21)c1ccc(C)cc1. The molecule has 1 N–H and O–H groups in total. The van der Waals surface area contributed by atoms with Crippen LogP contribution in [-0.4, -0.2) is 20.7 Å². The minimum absolute atomic E-state index is 0.0567. The number of hydrogen-bond acceptors (Lipinski definition) is 3. The zero-order valence-electron chi connectivity index (χ0n) is 17.9. The van der Waals surface area contributed by atoms with E-state index in [0.717, 1.165) is 34.2 Å². The van der Waals surface area contributed by atoms with E-state index >= 15 is 0 Å². The van der Waals surface area contributed by atoms with Gasteiger partial charge in [-0.25, -0.2) is 14.1 Å². The predicted molar refractivity (Wildman–Crippen MR) is 120 cm³/mol. The normalized spacial score (nSPS) is 12.1. The Hall–Kier alpha value is -3.54. The number of nitrogens with one attached hydrogen (secondary N) is 1. The third kappa shape index (κ3) is 4.33. The van der Waals surface area contributed by atoms with Crippen molar-refractivity contribution in [1.82, 2.24) is 20.1 Å². The standard InChI is InChI=1S/C25H25FN4O/c1-4-22(19-7-5-16(2)6-8-19)28-23(31)15-30-25-24(17(3)29-30)21(13-14-27-25)18-9-11-20(26)12-10-18/h5-14,22H,4,15H2,1-3H3,(H,28,31). The minimum Gasteiger partial charge on any atom is -0.348 e. The summed E-state index contributed by atoms with van der Waals surface area (Å²) in [5.41, 5.74) is 5.48. The van der Waals surface area contributed by atoms with Crippen LogP contribution in [0.25, 0.3) is 22.2 Å². The lowest BCUT2D eigenvalue weighted by Gasteiger charge is -2.18. The number of aromatic nitrogens is 3. The van der Waals surface area contributed by atoms with Gasteiger partial charge in [0.05, 0.1) is 11.7 Å². The highest BCUT2D eigenvalue weighted by molar-refractivity contribution is 5.95. The van der Waals surface area contributed by atoms with Gasteiger partial charge in [0.25, 0.3) is 0 Å². The fourth-order valence-electron chi connectivity index (χ4n) is 3.86. The molecule has 1 amide bonds. The van der Waals surface area contributed by atoms with Crippen LogP contribution in [0.2, 0.25) is 0 Å². The fraction of sp³-hybridized carbons (Fsp3) is 0.240. The molecule has 0 fully saturated rings. The van der Waals surface area contributed by atoms with E-state index < -0.39 is 0 Å². The van der Waals surface area contributed by atoms with Crippen molar-refractivity contribution in [2.75, 3.05) is 0 Å². The number of fused-ring (bicyclic) bond motifs is 1. The maximum absolute atomic E-state index is 13.3. The molecule has 0 saturated carbocycles. The maximum atomic E-state index is 13.3. The van der Waals surface area contributed by atoms with Crippen molar-refractivity contribution in [2.24, 2.45) is 0 Å². The van der Waals surface area contributed by atoms with E-state index in [1.165, 1.54) is 17.7 Å². The second-order valence-electron chi connectivity index (χ2n) is 7.75. The van der Waals surface area contributed by atoms with E-state index in [1.54, 1.807) is 23.0 Å². The zero-order valence-corrected chi connectivity index (χ0v) is 17.9. The lowest BCUT2D eigenvalue weighted by Crippen LogP contribution is -2.31. The van der Waals surface area contributed by atoms with Gasteiger partial charge in [0.1, 0.15) is 12.4 Å². The van der Waals surface area contributed by atoms with Crippen LogP contribution in [0.5, 0.6) is 0 Å². The van der Waals surface area contributed by atoms with Crippen molar-refractivity contribution in [3.8, 4) is 11.1 Å². The number of carbonyl (C=O) groups is 1. The monoisotopic (exact) mass is 416 g/mol. The van der Waals surface area contributed by atoms with Gasteiger partial charge in [0.2, 0.25) is 5.91 Å². The largest absolute Gasteiger partial charge is 0.348 e. The van der Waals surface area contributed by atoms with Gasteiger partial charge in [-0.3, -0.25) is 4.79 Å². The minimum atomic E-state index is -0.280. The number of nitrogens with zero attached hydrogens (tertiary/aromatic N) is 3. The Morgan fingerprint density at radius 3 is 2.45 bits per heavy atom. The highest BCUT2D eigenvalue weighted by Gasteiger charge is 2.18. The van der Waals surface area contributed by atoms with Gasteiger partial charge in [0.15, 0.2) is 5.65 Å². The molecular weight excluding hydrogens is 391 g/mol. The summed E-state index contributed by atoms with van der Waals surface area (Å²) in [4.78, 5) is 17.3. The first-order valence-corrected chi connectivity index (χ1v) is 10.4. The molecule has 0 aliphatic carbocycles. The van der Waals surface area contributed by atoms with Crippen LogP contribution in [0.4, 0.5) is 4.39 Å². The Bertz CT molecular complexity index is 1210. The van der Waals surface area contributed by atoms with Crippen molar-refractivity contribution >= 4 is 16.9 Å². The molecule has 0 saturated heterocycles. The molecule has 4 rings (SSSR count). The molecule has 2 heterocycles. The maximum Gasteiger partial charge on any atom is 0.242 e. The summed E-state index contributed by atoms with van der Waals surface area (Å²) in [5, 5.41) is 8.55. The van der Waals surface area contributed by atoms with E-state index in [2.05, 4.69) is 34.5 Å². The Kier molecular flexibility index (Phi) is 5.80. The molecule has 0 spiro atoms. The molecular formula is C25H25FN4O. The first kappa shape index (κ1) is 20.7. The molecule has 4 aromatic rings. The summed E-state index contributed by atoms with van der Waals surface area (Å²) in [6.45, 7) is 6.07. The topological polar surface area (TPSA) is 59.8 Å². The van der Waals surface area contributed by atoms with Gasteiger partial charge in [-0.15, -0.1) is 0 Å². The number of aryl methyl sites for hydroxylation is 2. The molecule has 0 bridgehead atoms. The molecule has 6 heteroatoms. The molecule has 0 aliphatic rings. The predicted octanol–water partition coefficient (Wildman–Crippen LogP) is 5.12. The van der Waals surface area contributed by atoms with E-state index in [0.29, 0.717) is 5.65 Å². The molecule has 31 heavy (non-hydrogen) atoms. The second-order valence-corrected chi connectivity index (χ2v) is 7.75. The van der Waals surface area contributed by atoms with Gasteiger partial charge >= 0.3 is 0 Å². The lowest BCUT2D eigenvalue weighted by atomic mass is 10.0. The number of benzene rings is 2. The van der Waals surface area contributed by atoms with Crippen LogP contribution in [0, 0.1) is 19.7 Å². The summed E-state index contributed by atoms with van der Waals surface area (Å²) in [6.07, 6.45) is 2.48. The summed E-state index contributed by atoms with van der Waals surface area (Å²) in [5.74, 6) is -0.400. The van der Waals surface area contributed by atoms with E-state index in [1.807, 2.05) is 32.0 Å². The van der Waals surface area contributed by atoms with Gasteiger partial charge in [-0.2, -0.15) is 5.10 Å². The molecule has 1 unspecified atom stereocenters. The number of hydrogen-bond donors (Lipinski definition) is 1. The first-order valence-electron chi connectivity index (χ1n) is 10.4. The van der Waals surface area contributed by atoms with Gasteiger partial charge in [-0.1, -0.05) is 48.9 Å². The first-order chi connectivity index (χ1) is 15.0.